The summed E-state index contributed by atoms with van der Waals surface area (Å²) >= 11 is -0.944. The molecule has 1 aliphatic heterocycles. The number of morpholine rings is 1. The summed E-state index contributed by atoms with van der Waals surface area (Å²) in [5.74, 6) is 0.689. The Morgan fingerprint density at radius 1 is 0.917 bits per heavy atom. The zero-order chi connectivity index (χ0) is 15.9. The van der Waals surface area contributed by atoms with Crippen LogP contribution in [-0.2, 0) is 15.9 Å². The molecular formula is C19H24ClNO2S. The standard InChI is InChI=1S/C19H23NO2S.ClH/c21-23(16-13-20-11-14-22-15-12-20)19(17-7-3-1-4-8-17)18-9-5-2-6-10-18;/h1-10,19H,11-16H2;1H. The first-order valence-corrected chi connectivity index (χ1v) is 9.50. The van der Waals surface area contributed by atoms with Crippen molar-refractivity contribution in [2.24, 2.45) is 0 Å². The third-order valence-electron chi connectivity index (χ3n) is 4.18. The molecule has 130 valence electrons. The van der Waals surface area contributed by atoms with Gasteiger partial charge in [-0.1, -0.05) is 60.7 Å². The van der Waals surface area contributed by atoms with Gasteiger partial charge in [0.15, 0.2) is 5.25 Å². The summed E-state index contributed by atoms with van der Waals surface area (Å²) in [6.07, 6.45) is 0. The van der Waals surface area contributed by atoms with Crippen LogP contribution in [-0.4, -0.2) is 48.1 Å². The van der Waals surface area contributed by atoms with Gasteiger partial charge in [0.25, 0.3) is 0 Å². The van der Waals surface area contributed by atoms with E-state index in [1.165, 1.54) is 0 Å². The maximum atomic E-state index is 13.0. The van der Waals surface area contributed by atoms with E-state index in [0.29, 0.717) is 5.75 Å². The van der Waals surface area contributed by atoms with Crippen molar-refractivity contribution in [1.29, 1.82) is 0 Å². The average molecular weight is 366 g/mol. The first kappa shape index (κ1) is 19.3. The van der Waals surface area contributed by atoms with Crippen molar-refractivity contribution in [2.75, 3.05) is 38.6 Å². The zero-order valence-electron chi connectivity index (χ0n) is 13.7. The summed E-state index contributed by atoms with van der Waals surface area (Å²) in [4.78, 5) is 2.34. The van der Waals surface area contributed by atoms with Crippen LogP contribution in [0.4, 0.5) is 0 Å². The van der Waals surface area contributed by atoms with Gasteiger partial charge in [-0.3, -0.25) is 4.90 Å². The summed E-state index contributed by atoms with van der Waals surface area (Å²) < 4.78 is 18.4. The molecule has 0 bridgehead atoms. The molecule has 1 unspecified atom stereocenters. The Balaban J connectivity index is 0.00000208. The van der Waals surface area contributed by atoms with Crippen LogP contribution in [0.1, 0.15) is 16.4 Å². The van der Waals surface area contributed by atoms with Crippen molar-refractivity contribution in [3.63, 3.8) is 0 Å². The van der Waals surface area contributed by atoms with Crippen molar-refractivity contribution >= 4 is 23.6 Å². The first-order chi connectivity index (χ1) is 11.3. The molecule has 0 aromatic heterocycles. The number of ether oxygens (including phenoxy) is 1. The third-order valence-corrected chi connectivity index (χ3v) is 5.83. The fourth-order valence-corrected chi connectivity index (χ4v) is 4.51. The van der Waals surface area contributed by atoms with Crippen molar-refractivity contribution < 1.29 is 9.29 Å². The van der Waals surface area contributed by atoms with Gasteiger partial charge in [0.2, 0.25) is 0 Å². The third kappa shape index (κ3) is 5.23. The summed E-state index contributed by atoms with van der Waals surface area (Å²) in [6, 6.07) is 20.4. The largest absolute Gasteiger partial charge is 0.616 e. The SMILES string of the molecule is Cl.[O-][S+](CCN1CCOCC1)C(c1ccccc1)c1ccccc1. The van der Waals surface area contributed by atoms with E-state index in [1.54, 1.807) is 0 Å². The minimum Gasteiger partial charge on any atom is -0.616 e. The number of rotatable bonds is 6. The zero-order valence-corrected chi connectivity index (χ0v) is 15.3. The highest BCUT2D eigenvalue weighted by Gasteiger charge is 2.27. The Morgan fingerprint density at radius 3 is 1.92 bits per heavy atom. The Bertz CT molecular complexity index is 539. The molecule has 0 saturated carbocycles. The van der Waals surface area contributed by atoms with Crippen molar-refractivity contribution in [3.8, 4) is 0 Å². The van der Waals surface area contributed by atoms with Gasteiger partial charge < -0.3 is 9.29 Å². The highest BCUT2D eigenvalue weighted by Crippen LogP contribution is 2.30. The smallest absolute Gasteiger partial charge is 0.165 e. The lowest BCUT2D eigenvalue weighted by atomic mass is 10.0. The van der Waals surface area contributed by atoms with E-state index in [1.807, 2.05) is 36.4 Å². The van der Waals surface area contributed by atoms with Gasteiger partial charge in [-0.05, 0) is 11.2 Å². The molecule has 1 aliphatic rings. The Hall–Kier alpha value is -1.04. The summed E-state index contributed by atoms with van der Waals surface area (Å²) in [6.45, 7) is 4.32. The molecule has 2 aromatic rings. The van der Waals surface area contributed by atoms with Crippen LogP contribution < -0.4 is 0 Å². The van der Waals surface area contributed by atoms with Gasteiger partial charge in [0.1, 0.15) is 5.75 Å². The van der Waals surface area contributed by atoms with Gasteiger partial charge in [-0.15, -0.1) is 12.4 Å². The molecular weight excluding hydrogens is 342 g/mol. The number of hydrogen-bond acceptors (Lipinski definition) is 3. The molecule has 3 nitrogen and oxygen atoms in total. The van der Waals surface area contributed by atoms with Crippen LogP contribution in [0.2, 0.25) is 0 Å². The maximum Gasteiger partial charge on any atom is 0.165 e. The molecule has 0 N–H and O–H groups in total. The molecule has 0 amide bonds. The van der Waals surface area contributed by atoms with Crippen LogP contribution >= 0.6 is 12.4 Å². The van der Waals surface area contributed by atoms with E-state index in [9.17, 15) is 4.55 Å². The molecule has 1 atom stereocenters. The quantitative estimate of drug-likeness (QED) is 0.737. The van der Waals surface area contributed by atoms with E-state index < -0.39 is 11.2 Å². The second-order valence-corrected chi connectivity index (χ2v) is 7.38. The number of halogens is 1. The number of nitrogens with zero attached hydrogens (tertiary/aromatic N) is 1. The Kier molecular flexibility index (Phi) is 8.09. The molecule has 0 aliphatic carbocycles. The molecule has 1 heterocycles. The van der Waals surface area contributed by atoms with Gasteiger partial charge in [-0.2, -0.15) is 0 Å². The summed E-state index contributed by atoms with van der Waals surface area (Å²) in [5, 5.41) is -0.0570. The number of benzene rings is 2. The van der Waals surface area contributed by atoms with Gasteiger partial charge in [0, 0.05) is 30.8 Å². The topological polar surface area (TPSA) is 35.5 Å². The predicted octanol–water partition coefficient (Wildman–Crippen LogP) is 3.28. The minimum absolute atomic E-state index is 0. The monoisotopic (exact) mass is 365 g/mol. The van der Waals surface area contributed by atoms with Crippen LogP contribution in [0, 0.1) is 0 Å². The molecule has 0 spiro atoms. The number of hydrogen-bond donors (Lipinski definition) is 0. The van der Waals surface area contributed by atoms with E-state index in [4.69, 9.17) is 4.74 Å². The van der Waals surface area contributed by atoms with E-state index in [0.717, 1.165) is 44.0 Å². The fraction of sp³-hybridized carbons (Fsp3) is 0.368. The fourth-order valence-electron chi connectivity index (χ4n) is 2.91. The molecule has 0 radical (unpaired) electrons. The summed E-state index contributed by atoms with van der Waals surface area (Å²) in [5.41, 5.74) is 2.25. The molecule has 24 heavy (non-hydrogen) atoms. The second kappa shape index (κ2) is 10.1. The van der Waals surface area contributed by atoms with Crippen molar-refractivity contribution in [3.05, 3.63) is 71.8 Å². The van der Waals surface area contributed by atoms with Crippen LogP contribution in [0.3, 0.4) is 0 Å². The highest BCUT2D eigenvalue weighted by molar-refractivity contribution is 7.91. The lowest BCUT2D eigenvalue weighted by Crippen LogP contribution is -2.39. The Labute approximate surface area is 153 Å². The van der Waals surface area contributed by atoms with Crippen LogP contribution in [0.25, 0.3) is 0 Å². The lowest BCUT2D eigenvalue weighted by molar-refractivity contribution is 0.0408. The van der Waals surface area contributed by atoms with E-state index in [-0.39, 0.29) is 17.7 Å². The maximum absolute atomic E-state index is 13.0. The summed E-state index contributed by atoms with van der Waals surface area (Å²) in [7, 11) is 0. The predicted molar refractivity (Wildman–Crippen MR) is 102 cm³/mol. The molecule has 1 saturated heterocycles. The average Bonchev–Trinajstić information content (AvgIpc) is 2.63. The van der Waals surface area contributed by atoms with Gasteiger partial charge in [-0.25, -0.2) is 0 Å². The minimum atomic E-state index is -0.944. The molecule has 3 rings (SSSR count). The normalized spacial score (nSPS) is 16.6. The lowest BCUT2D eigenvalue weighted by Gasteiger charge is -2.28. The Morgan fingerprint density at radius 2 is 1.42 bits per heavy atom. The van der Waals surface area contributed by atoms with Crippen molar-refractivity contribution in [2.45, 2.75) is 5.25 Å². The molecule has 5 heteroatoms. The van der Waals surface area contributed by atoms with Crippen molar-refractivity contribution in [1.82, 2.24) is 4.90 Å². The van der Waals surface area contributed by atoms with E-state index in [2.05, 4.69) is 29.2 Å². The highest BCUT2D eigenvalue weighted by atomic mass is 35.5. The first-order valence-electron chi connectivity index (χ1n) is 8.12. The van der Waals surface area contributed by atoms with Gasteiger partial charge in [0.05, 0.1) is 13.2 Å². The molecule has 2 aromatic carbocycles. The van der Waals surface area contributed by atoms with Crippen LogP contribution in [0.15, 0.2) is 60.7 Å². The van der Waals surface area contributed by atoms with Crippen LogP contribution in [0.5, 0.6) is 0 Å². The van der Waals surface area contributed by atoms with E-state index >= 15 is 0 Å². The van der Waals surface area contributed by atoms with Gasteiger partial charge >= 0.3 is 0 Å². The second-order valence-electron chi connectivity index (χ2n) is 5.74. The molecule has 1 fully saturated rings.